The molecule has 7 nitrogen and oxygen atoms in total. The van der Waals surface area contributed by atoms with Crippen LogP contribution in [0.4, 0.5) is 0 Å². The third-order valence-corrected chi connectivity index (χ3v) is 1.72. The lowest BCUT2D eigenvalue weighted by molar-refractivity contribution is 0.373. The van der Waals surface area contributed by atoms with Crippen LogP contribution in [0.5, 0.6) is 0 Å². The summed E-state index contributed by atoms with van der Waals surface area (Å²) in [6, 6.07) is 0. The molecule has 1 aliphatic heterocycles. The average Bonchev–Trinajstić information content (AvgIpc) is 2.79. The van der Waals surface area contributed by atoms with E-state index in [1.54, 1.807) is 0 Å². The summed E-state index contributed by atoms with van der Waals surface area (Å²) in [7, 11) is 0. The summed E-state index contributed by atoms with van der Waals surface area (Å²) in [5, 5.41) is 0. The van der Waals surface area contributed by atoms with Crippen LogP contribution in [-0.2, 0) is 11.3 Å². The first kappa shape index (κ1) is 7.99. The molecule has 1 fully saturated rings. The van der Waals surface area contributed by atoms with E-state index in [0.717, 1.165) is 4.57 Å². The zero-order valence-electron chi connectivity index (χ0n) is 6.57. The number of hydrogen-bond acceptors (Lipinski definition) is 4. The van der Waals surface area contributed by atoms with Gasteiger partial charge in [0.05, 0.1) is 19.3 Å². The number of nitrogens with zero attached hydrogens (tertiary/aromatic N) is 1. The summed E-state index contributed by atoms with van der Waals surface area (Å²) in [5.41, 5.74) is -2.20. The van der Waals surface area contributed by atoms with Crippen LogP contribution in [-0.4, -0.2) is 27.2 Å². The average molecular weight is 185 g/mol. The number of nitrogens with one attached hydrogen (secondary N) is 2. The number of H-pyrrole nitrogens is 2. The predicted octanol–water partition coefficient (Wildman–Crippen LogP) is -2.38. The molecule has 1 aromatic rings. The van der Waals surface area contributed by atoms with Crippen LogP contribution in [0.1, 0.15) is 0 Å². The molecule has 2 N–H and O–H groups in total. The van der Waals surface area contributed by atoms with Crippen LogP contribution < -0.4 is 17.1 Å². The maximum absolute atomic E-state index is 11.1. The van der Waals surface area contributed by atoms with Crippen molar-refractivity contribution >= 4 is 0 Å². The number of hydrogen-bond donors (Lipinski definition) is 2. The summed E-state index contributed by atoms with van der Waals surface area (Å²) in [5.74, 6) is 0. The maximum atomic E-state index is 11.1. The normalized spacial score (nSPS) is 20.2. The van der Waals surface area contributed by atoms with Gasteiger partial charge in [-0.25, -0.2) is 19.0 Å². The first-order chi connectivity index (χ1) is 6.16. The SMILES string of the molecule is O=c1[nH]c(=O)n(CC2CO2)c(=O)[nH]1. The van der Waals surface area contributed by atoms with Crippen LogP contribution in [0.3, 0.4) is 0 Å². The van der Waals surface area contributed by atoms with Crippen molar-refractivity contribution in [1.29, 1.82) is 0 Å². The van der Waals surface area contributed by atoms with Gasteiger partial charge in [0.25, 0.3) is 0 Å². The Morgan fingerprint density at radius 1 is 1.31 bits per heavy atom. The van der Waals surface area contributed by atoms with Crippen molar-refractivity contribution in [3.63, 3.8) is 0 Å². The van der Waals surface area contributed by atoms with Gasteiger partial charge in [0.15, 0.2) is 0 Å². The van der Waals surface area contributed by atoms with Crippen molar-refractivity contribution in [2.24, 2.45) is 0 Å². The minimum Gasteiger partial charge on any atom is -0.371 e. The summed E-state index contributed by atoms with van der Waals surface area (Å²) in [4.78, 5) is 36.6. The minimum absolute atomic E-state index is 0.0790. The van der Waals surface area contributed by atoms with Gasteiger partial charge in [-0.15, -0.1) is 0 Å². The van der Waals surface area contributed by atoms with E-state index in [-0.39, 0.29) is 12.6 Å². The molecule has 0 aliphatic carbocycles. The lowest BCUT2D eigenvalue weighted by Crippen LogP contribution is -2.44. The highest BCUT2D eigenvalue weighted by atomic mass is 16.6. The van der Waals surface area contributed by atoms with Crippen molar-refractivity contribution in [3.05, 3.63) is 31.5 Å². The van der Waals surface area contributed by atoms with E-state index >= 15 is 0 Å². The van der Waals surface area contributed by atoms with Crippen molar-refractivity contribution < 1.29 is 4.74 Å². The number of rotatable bonds is 2. The fourth-order valence-corrected chi connectivity index (χ4v) is 0.996. The van der Waals surface area contributed by atoms with Crippen molar-refractivity contribution in [2.45, 2.75) is 12.6 Å². The Kier molecular flexibility index (Phi) is 1.66. The first-order valence-electron chi connectivity index (χ1n) is 3.72. The second-order valence-electron chi connectivity index (χ2n) is 2.76. The highest BCUT2D eigenvalue weighted by Gasteiger charge is 2.24. The van der Waals surface area contributed by atoms with Crippen LogP contribution in [0.25, 0.3) is 0 Å². The quantitative estimate of drug-likeness (QED) is 0.502. The standard InChI is InChI=1S/C6H7N3O4/c10-4-7-5(11)9(6(12)8-4)1-3-2-13-3/h3H,1-2H2,(H2,7,8,10,11,12). The predicted molar refractivity (Wildman–Crippen MR) is 41.7 cm³/mol. The molecule has 1 unspecified atom stereocenters. The van der Waals surface area contributed by atoms with E-state index < -0.39 is 17.1 Å². The fourth-order valence-electron chi connectivity index (χ4n) is 0.996. The highest BCUT2D eigenvalue weighted by Crippen LogP contribution is 2.08. The van der Waals surface area contributed by atoms with Gasteiger partial charge in [-0.3, -0.25) is 9.97 Å². The van der Waals surface area contributed by atoms with Crippen molar-refractivity contribution in [1.82, 2.24) is 14.5 Å². The molecule has 0 bridgehead atoms. The molecule has 2 heterocycles. The van der Waals surface area contributed by atoms with Gasteiger partial charge in [0.2, 0.25) is 0 Å². The van der Waals surface area contributed by atoms with Crippen LogP contribution in [0, 0.1) is 0 Å². The number of ether oxygens (including phenoxy) is 1. The van der Waals surface area contributed by atoms with Gasteiger partial charge in [-0.2, -0.15) is 0 Å². The first-order valence-corrected chi connectivity index (χ1v) is 3.72. The number of epoxide rings is 1. The third-order valence-electron chi connectivity index (χ3n) is 1.72. The van der Waals surface area contributed by atoms with Gasteiger partial charge in [-0.1, -0.05) is 0 Å². The summed E-state index contributed by atoms with van der Waals surface area (Å²) in [6.07, 6.45) is -0.0790. The van der Waals surface area contributed by atoms with Gasteiger partial charge in [-0.05, 0) is 0 Å². The van der Waals surface area contributed by atoms with Crippen molar-refractivity contribution in [3.8, 4) is 0 Å². The largest absolute Gasteiger partial charge is 0.371 e. The lowest BCUT2D eigenvalue weighted by atomic mass is 10.5. The zero-order chi connectivity index (χ0) is 9.42. The van der Waals surface area contributed by atoms with Crippen molar-refractivity contribution in [2.75, 3.05) is 6.61 Å². The molecule has 13 heavy (non-hydrogen) atoms. The molecule has 70 valence electrons. The Bertz CT molecular complexity index is 443. The second-order valence-corrected chi connectivity index (χ2v) is 2.76. The number of aromatic nitrogens is 3. The van der Waals surface area contributed by atoms with E-state index in [9.17, 15) is 14.4 Å². The van der Waals surface area contributed by atoms with Gasteiger partial charge in [0, 0.05) is 0 Å². The fraction of sp³-hybridized carbons (Fsp3) is 0.500. The molecule has 1 atom stereocenters. The molecule has 2 rings (SSSR count). The lowest BCUT2D eigenvalue weighted by Gasteiger charge is -1.97. The molecule has 0 amide bonds. The molecule has 0 saturated carbocycles. The van der Waals surface area contributed by atoms with E-state index in [2.05, 4.69) is 0 Å². The molecule has 0 aromatic carbocycles. The smallest absolute Gasteiger partial charge is 0.333 e. The minimum atomic E-state index is -0.789. The van der Waals surface area contributed by atoms with Crippen LogP contribution in [0.15, 0.2) is 14.4 Å². The Labute approximate surface area is 71.0 Å². The Morgan fingerprint density at radius 3 is 2.31 bits per heavy atom. The number of aromatic amines is 2. The summed E-state index contributed by atoms with van der Waals surface area (Å²) >= 11 is 0. The van der Waals surface area contributed by atoms with Gasteiger partial charge in [0.1, 0.15) is 0 Å². The van der Waals surface area contributed by atoms with E-state index in [1.807, 2.05) is 9.97 Å². The Hall–Kier alpha value is -1.63. The Balaban J connectivity index is 2.49. The highest BCUT2D eigenvalue weighted by molar-refractivity contribution is 4.75. The molecule has 0 radical (unpaired) electrons. The van der Waals surface area contributed by atoms with Crippen LogP contribution in [0.2, 0.25) is 0 Å². The third kappa shape index (κ3) is 1.59. The van der Waals surface area contributed by atoms with Gasteiger partial charge < -0.3 is 4.74 Å². The van der Waals surface area contributed by atoms with E-state index in [4.69, 9.17) is 4.74 Å². The molecule has 1 aromatic heterocycles. The summed E-state index contributed by atoms with van der Waals surface area (Å²) in [6.45, 7) is 0.732. The molecule has 7 heteroatoms. The maximum Gasteiger partial charge on any atom is 0.333 e. The monoisotopic (exact) mass is 185 g/mol. The molecule has 1 aliphatic rings. The van der Waals surface area contributed by atoms with Crippen LogP contribution >= 0.6 is 0 Å². The molecule has 0 spiro atoms. The molecule has 1 saturated heterocycles. The van der Waals surface area contributed by atoms with Gasteiger partial charge >= 0.3 is 17.1 Å². The van der Waals surface area contributed by atoms with E-state index in [1.165, 1.54) is 0 Å². The zero-order valence-corrected chi connectivity index (χ0v) is 6.57. The Morgan fingerprint density at radius 2 is 1.85 bits per heavy atom. The topological polar surface area (TPSA) is 100 Å². The molecular weight excluding hydrogens is 178 g/mol. The van der Waals surface area contributed by atoms with E-state index in [0.29, 0.717) is 6.61 Å². The summed E-state index contributed by atoms with van der Waals surface area (Å²) < 4.78 is 5.75. The molecular formula is C6H7N3O4. The second kappa shape index (κ2) is 2.70.